The van der Waals surface area contributed by atoms with Crippen LogP contribution in [0.3, 0.4) is 0 Å². The molecule has 14 heteroatoms. The zero-order chi connectivity index (χ0) is 37.8. The van der Waals surface area contributed by atoms with Crippen LogP contribution in [0, 0.1) is 46.3 Å². The van der Waals surface area contributed by atoms with Crippen LogP contribution >= 0.6 is 0 Å². The van der Waals surface area contributed by atoms with Crippen LogP contribution in [-0.4, -0.2) is 141 Å². The topological polar surface area (TPSA) is 214 Å². The number of carbonyl (C=O) groups excluding carboxylic acids is 1. The van der Waals surface area contributed by atoms with Crippen molar-refractivity contribution in [3.63, 3.8) is 0 Å². The number of rotatable bonds is 6. The van der Waals surface area contributed by atoms with Gasteiger partial charge < -0.3 is 64.2 Å². The number of aliphatic hydroxyl groups is 7. The third-order valence-electron chi connectivity index (χ3n) is 15.5. The number of carbonyl (C=O) groups is 1. The van der Waals surface area contributed by atoms with Gasteiger partial charge in [-0.05, 0) is 67.6 Å². The van der Waals surface area contributed by atoms with Gasteiger partial charge in [-0.25, -0.2) is 0 Å². The number of Topliss-reactive ketones (excluding diaryl/α,β-unsaturated/α-hetero) is 1. The Labute approximate surface area is 310 Å². The molecule has 4 aliphatic heterocycles. The summed E-state index contributed by atoms with van der Waals surface area (Å²) in [5.74, 6) is 1.44. The lowest BCUT2D eigenvalue weighted by Gasteiger charge is -2.58. The minimum absolute atomic E-state index is 0.0284. The molecular formula is C39H60O14. The number of hydrogen-bond donors (Lipinski definition) is 7. The first-order valence-electron chi connectivity index (χ1n) is 19.9. The minimum Gasteiger partial charge on any atom is -0.394 e. The molecule has 0 aromatic carbocycles. The van der Waals surface area contributed by atoms with Crippen molar-refractivity contribution in [2.24, 2.45) is 46.3 Å². The first-order valence-corrected chi connectivity index (χ1v) is 19.9. The Morgan fingerprint density at radius 3 is 2.23 bits per heavy atom. The molecule has 8 aliphatic rings. The van der Waals surface area contributed by atoms with Gasteiger partial charge >= 0.3 is 0 Å². The smallest absolute Gasteiger partial charge is 0.187 e. The maximum Gasteiger partial charge on any atom is 0.187 e. The van der Waals surface area contributed by atoms with Gasteiger partial charge in [0.15, 0.2) is 18.4 Å². The van der Waals surface area contributed by atoms with Crippen molar-refractivity contribution >= 4 is 5.78 Å². The van der Waals surface area contributed by atoms with Crippen LogP contribution in [0.25, 0.3) is 0 Å². The summed E-state index contributed by atoms with van der Waals surface area (Å²) in [7, 11) is 0. The Morgan fingerprint density at radius 1 is 0.830 bits per heavy atom. The van der Waals surface area contributed by atoms with Crippen LogP contribution in [0.15, 0.2) is 11.6 Å². The molecule has 21 atom stereocenters. The highest BCUT2D eigenvalue weighted by Gasteiger charge is 2.71. The Bertz CT molecular complexity index is 1400. The van der Waals surface area contributed by atoms with Crippen molar-refractivity contribution in [1.82, 2.24) is 0 Å². The maximum atomic E-state index is 14.5. The van der Waals surface area contributed by atoms with E-state index in [1.165, 1.54) is 5.57 Å². The van der Waals surface area contributed by atoms with E-state index in [1.807, 2.05) is 0 Å². The van der Waals surface area contributed by atoms with Gasteiger partial charge in [-0.1, -0.05) is 39.3 Å². The Hall–Kier alpha value is -1.11. The number of aliphatic hydroxyl groups excluding tert-OH is 7. The van der Waals surface area contributed by atoms with Crippen molar-refractivity contribution in [3.8, 4) is 0 Å². The van der Waals surface area contributed by atoms with Crippen molar-refractivity contribution < 1.29 is 69.0 Å². The van der Waals surface area contributed by atoms with Crippen LogP contribution in [0.5, 0.6) is 0 Å². The van der Waals surface area contributed by atoms with Gasteiger partial charge in [0, 0.05) is 30.1 Å². The SMILES string of the molecule is C[C@H]1CC[C@@]2(OC1)O[C@H]1C[C@H]3[C@@H]4CC=C5C[C@@H](O[C@@H]6O[C@H](CO)[C@H](O[C@@H]7O[C@H](CO)[C@@H](O)[C@H](O)[C@H]7O)[C@H](O)[C@H]6O)CC[C@]5(C)[C@H]4CC(=O)[C@]3(C)[C@H]1[C@@H]2C. The molecule has 4 saturated heterocycles. The monoisotopic (exact) mass is 752 g/mol. The Balaban J connectivity index is 0.929. The van der Waals surface area contributed by atoms with E-state index in [0.29, 0.717) is 43.5 Å². The average Bonchev–Trinajstić information content (AvgIpc) is 3.59. The summed E-state index contributed by atoms with van der Waals surface area (Å²) in [6, 6.07) is 0. The quantitative estimate of drug-likeness (QED) is 0.185. The molecule has 0 aromatic rings. The predicted octanol–water partition coefficient (Wildman–Crippen LogP) is 0.541. The van der Waals surface area contributed by atoms with Crippen LogP contribution in [0.4, 0.5) is 0 Å². The highest BCUT2D eigenvalue weighted by Crippen LogP contribution is 2.69. The summed E-state index contributed by atoms with van der Waals surface area (Å²) in [6.45, 7) is 8.38. The van der Waals surface area contributed by atoms with E-state index in [1.54, 1.807) is 0 Å². The first-order chi connectivity index (χ1) is 25.2. The molecule has 53 heavy (non-hydrogen) atoms. The molecule has 0 unspecified atom stereocenters. The fourth-order valence-electron chi connectivity index (χ4n) is 12.3. The molecule has 1 spiro atoms. The molecule has 4 heterocycles. The zero-order valence-electron chi connectivity index (χ0n) is 31.2. The van der Waals surface area contributed by atoms with Crippen LogP contribution in [0.1, 0.15) is 79.1 Å². The van der Waals surface area contributed by atoms with Gasteiger partial charge in [0.25, 0.3) is 0 Å². The molecule has 8 rings (SSSR count). The molecule has 14 nitrogen and oxygen atoms in total. The fraction of sp³-hybridized carbons (Fsp3) is 0.923. The minimum atomic E-state index is -1.74. The number of fused-ring (bicyclic) bond motifs is 7. The van der Waals surface area contributed by atoms with Gasteiger partial charge in [0.1, 0.15) is 54.6 Å². The Kier molecular flexibility index (Phi) is 10.3. The molecular weight excluding hydrogens is 692 g/mol. The normalized spacial score (nSPS) is 56.7. The van der Waals surface area contributed by atoms with Gasteiger partial charge in [-0.15, -0.1) is 0 Å². The van der Waals surface area contributed by atoms with Gasteiger partial charge in [-0.3, -0.25) is 4.79 Å². The molecule has 0 bridgehead atoms. The Morgan fingerprint density at radius 2 is 1.53 bits per heavy atom. The number of ether oxygens (including phenoxy) is 6. The second kappa shape index (κ2) is 14.1. The van der Waals surface area contributed by atoms with E-state index in [9.17, 15) is 40.5 Å². The lowest BCUT2D eigenvalue weighted by Crippen LogP contribution is -2.65. The zero-order valence-corrected chi connectivity index (χ0v) is 31.2. The van der Waals surface area contributed by atoms with Crippen LogP contribution < -0.4 is 0 Å². The fourth-order valence-corrected chi connectivity index (χ4v) is 12.3. The second-order valence-electron chi connectivity index (χ2n) is 18.1. The highest BCUT2D eigenvalue weighted by atomic mass is 16.7. The molecule has 300 valence electrons. The molecule has 3 saturated carbocycles. The third-order valence-corrected chi connectivity index (χ3v) is 15.5. The largest absolute Gasteiger partial charge is 0.394 e. The summed E-state index contributed by atoms with van der Waals surface area (Å²) < 4.78 is 36.6. The highest BCUT2D eigenvalue weighted by molar-refractivity contribution is 5.87. The number of hydrogen-bond acceptors (Lipinski definition) is 14. The van der Waals surface area contributed by atoms with E-state index >= 15 is 0 Å². The number of ketones is 1. The number of allylic oxidation sites excluding steroid dienone is 1. The molecule has 4 aliphatic carbocycles. The summed E-state index contributed by atoms with van der Waals surface area (Å²) in [5.41, 5.74) is 0.620. The van der Waals surface area contributed by atoms with Crippen LogP contribution in [0.2, 0.25) is 0 Å². The summed E-state index contributed by atoms with van der Waals surface area (Å²) >= 11 is 0. The first kappa shape index (κ1) is 38.7. The average molecular weight is 753 g/mol. The van der Waals surface area contributed by atoms with Gasteiger partial charge in [0.05, 0.1) is 32.0 Å². The summed E-state index contributed by atoms with van der Waals surface area (Å²) in [4.78, 5) is 14.5. The lowest BCUT2D eigenvalue weighted by atomic mass is 9.46. The summed E-state index contributed by atoms with van der Waals surface area (Å²) in [5, 5.41) is 72.7. The van der Waals surface area contributed by atoms with Gasteiger partial charge in [-0.2, -0.15) is 0 Å². The molecule has 0 aromatic heterocycles. The lowest BCUT2D eigenvalue weighted by molar-refractivity contribution is -0.363. The van der Waals surface area contributed by atoms with E-state index in [4.69, 9.17) is 28.4 Å². The molecule has 0 amide bonds. The second-order valence-corrected chi connectivity index (χ2v) is 18.1. The molecule has 7 N–H and O–H groups in total. The van der Waals surface area contributed by atoms with E-state index in [-0.39, 0.29) is 41.3 Å². The molecule has 7 fully saturated rings. The van der Waals surface area contributed by atoms with E-state index < -0.39 is 85.8 Å². The van der Waals surface area contributed by atoms with Crippen molar-refractivity contribution in [1.29, 1.82) is 0 Å². The van der Waals surface area contributed by atoms with Crippen molar-refractivity contribution in [3.05, 3.63) is 11.6 Å². The van der Waals surface area contributed by atoms with Crippen molar-refractivity contribution in [2.45, 2.75) is 158 Å². The van der Waals surface area contributed by atoms with Gasteiger partial charge in [0.2, 0.25) is 0 Å². The van der Waals surface area contributed by atoms with E-state index in [2.05, 4.69) is 33.8 Å². The summed E-state index contributed by atoms with van der Waals surface area (Å²) in [6.07, 6.45) is -6.67. The third kappa shape index (κ3) is 5.96. The predicted molar refractivity (Wildman–Crippen MR) is 183 cm³/mol. The molecule has 0 radical (unpaired) electrons. The van der Waals surface area contributed by atoms with E-state index in [0.717, 1.165) is 32.1 Å². The van der Waals surface area contributed by atoms with Crippen molar-refractivity contribution in [2.75, 3.05) is 19.8 Å². The van der Waals surface area contributed by atoms with Crippen LogP contribution in [-0.2, 0) is 33.2 Å². The maximum absolute atomic E-state index is 14.5. The standard InChI is InChI=1S/C39H60O14/c1-17-7-10-39(48-16-17)18(2)28-24(53-39)12-23-21-6-5-19-11-20(8-9-37(19,3)22(21)13-27(42)38(23,28)4)49-35-33(47)31(45)34(26(15-41)51-35)52-36-32(46)30(44)29(43)25(14-40)50-36/h5,17-18,20-26,28-36,40-41,43-47H,6-16H2,1-4H3/t17-,18-,20-,21+,22-,23-,24-,25+,26+,28-,29+,30-,31+,32+,33+,34-,35+,36-,37-,38+,39+/m0/s1.